The Hall–Kier alpha value is -1.74. The van der Waals surface area contributed by atoms with E-state index in [2.05, 4.69) is 51.6 Å². The molecular formula is C14H17N3. The highest BCUT2D eigenvalue weighted by molar-refractivity contribution is 5.63. The average molecular weight is 227 g/mol. The molecule has 1 aliphatic rings. The third-order valence-corrected chi connectivity index (χ3v) is 3.21. The maximum Gasteiger partial charge on any atom is 0.106 e. The number of rotatable bonds is 2. The molecule has 88 valence electrons. The fourth-order valence-corrected chi connectivity index (χ4v) is 2.26. The van der Waals surface area contributed by atoms with Crippen molar-refractivity contribution in [2.75, 3.05) is 31.1 Å². The molecule has 3 heteroatoms. The lowest BCUT2D eigenvalue weighted by Crippen LogP contribution is -2.43. The first-order valence-corrected chi connectivity index (χ1v) is 6.13. The van der Waals surface area contributed by atoms with Crippen LogP contribution in [0.5, 0.6) is 0 Å². The summed E-state index contributed by atoms with van der Waals surface area (Å²) in [4.78, 5) is 5.89. The van der Waals surface area contributed by atoms with Gasteiger partial charge in [-0.25, -0.2) is 0 Å². The molecule has 1 aliphatic heterocycles. The van der Waals surface area contributed by atoms with Crippen molar-refractivity contribution in [2.45, 2.75) is 0 Å². The highest BCUT2D eigenvalue weighted by Crippen LogP contribution is 2.22. The van der Waals surface area contributed by atoms with E-state index in [1.165, 1.54) is 17.1 Å². The average Bonchev–Trinajstić information content (AvgIpc) is 2.90. The zero-order chi connectivity index (χ0) is 11.5. The highest BCUT2D eigenvalue weighted by atomic mass is 15.2. The van der Waals surface area contributed by atoms with Gasteiger partial charge in [-0.15, -0.1) is 0 Å². The topological polar surface area (TPSA) is 31.1 Å². The van der Waals surface area contributed by atoms with Crippen molar-refractivity contribution in [3.63, 3.8) is 0 Å². The van der Waals surface area contributed by atoms with Gasteiger partial charge in [0.15, 0.2) is 0 Å². The van der Waals surface area contributed by atoms with Crippen LogP contribution < -0.4 is 10.2 Å². The summed E-state index contributed by atoms with van der Waals surface area (Å²) < 4.78 is 0. The number of aromatic nitrogens is 1. The zero-order valence-corrected chi connectivity index (χ0v) is 9.82. The number of benzene rings is 1. The number of anilines is 1. The second-order valence-electron chi connectivity index (χ2n) is 4.36. The van der Waals surface area contributed by atoms with Gasteiger partial charge in [0.25, 0.3) is 0 Å². The van der Waals surface area contributed by atoms with Crippen molar-refractivity contribution in [3.8, 4) is 11.3 Å². The molecule has 2 N–H and O–H groups in total. The van der Waals surface area contributed by atoms with Crippen molar-refractivity contribution >= 4 is 5.82 Å². The van der Waals surface area contributed by atoms with E-state index in [0.717, 1.165) is 26.2 Å². The monoisotopic (exact) mass is 227 g/mol. The van der Waals surface area contributed by atoms with E-state index in [4.69, 9.17) is 0 Å². The molecule has 2 heterocycles. The molecule has 0 aliphatic carbocycles. The first kappa shape index (κ1) is 10.4. The predicted molar refractivity (Wildman–Crippen MR) is 71.3 cm³/mol. The number of hydrogen-bond acceptors (Lipinski definition) is 2. The van der Waals surface area contributed by atoms with Gasteiger partial charge in [0.2, 0.25) is 0 Å². The first-order chi connectivity index (χ1) is 8.43. The smallest absolute Gasteiger partial charge is 0.106 e. The molecule has 1 fully saturated rings. The molecule has 0 spiro atoms. The Morgan fingerprint density at radius 1 is 0.882 bits per heavy atom. The molecule has 0 atom stereocenters. The summed E-state index contributed by atoms with van der Waals surface area (Å²) in [7, 11) is 0. The summed E-state index contributed by atoms with van der Waals surface area (Å²) in [6.45, 7) is 4.29. The molecule has 0 saturated carbocycles. The van der Waals surface area contributed by atoms with Crippen LogP contribution in [0.4, 0.5) is 5.82 Å². The summed E-state index contributed by atoms with van der Waals surface area (Å²) in [5, 5.41) is 3.37. The molecule has 1 aromatic carbocycles. The van der Waals surface area contributed by atoms with E-state index >= 15 is 0 Å². The van der Waals surface area contributed by atoms with Crippen molar-refractivity contribution in [1.82, 2.24) is 10.3 Å². The van der Waals surface area contributed by atoms with Crippen LogP contribution >= 0.6 is 0 Å². The largest absolute Gasteiger partial charge is 0.356 e. The predicted octanol–water partition coefficient (Wildman–Crippen LogP) is 2.09. The number of aromatic amines is 1. The second kappa shape index (κ2) is 4.63. The van der Waals surface area contributed by atoms with Gasteiger partial charge in [-0.3, -0.25) is 0 Å². The van der Waals surface area contributed by atoms with Gasteiger partial charge in [-0.1, -0.05) is 30.3 Å². The molecule has 3 rings (SSSR count). The van der Waals surface area contributed by atoms with Gasteiger partial charge < -0.3 is 15.2 Å². The Labute approximate surface area is 101 Å². The molecule has 3 nitrogen and oxygen atoms in total. The molecule has 0 unspecified atom stereocenters. The van der Waals surface area contributed by atoms with Gasteiger partial charge in [-0.2, -0.15) is 0 Å². The minimum atomic E-state index is 1.07. The Bertz CT molecular complexity index is 469. The van der Waals surface area contributed by atoms with Gasteiger partial charge in [0.1, 0.15) is 5.82 Å². The molecule has 0 radical (unpaired) electrons. The van der Waals surface area contributed by atoms with E-state index in [1.54, 1.807) is 0 Å². The second-order valence-corrected chi connectivity index (χ2v) is 4.36. The quantitative estimate of drug-likeness (QED) is 0.823. The van der Waals surface area contributed by atoms with Crippen molar-refractivity contribution in [3.05, 3.63) is 42.5 Å². The van der Waals surface area contributed by atoms with Gasteiger partial charge in [-0.05, 0) is 17.7 Å². The normalized spacial score (nSPS) is 16.1. The van der Waals surface area contributed by atoms with Crippen LogP contribution in [0, 0.1) is 0 Å². The molecule has 0 amide bonds. The van der Waals surface area contributed by atoms with Crippen LogP contribution in [0.1, 0.15) is 0 Å². The van der Waals surface area contributed by atoms with Crippen LogP contribution in [0.25, 0.3) is 11.3 Å². The number of nitrogens with zero attached hydrogens (tertiary/aromatic N) is 1. The molecule has 0 bridgehead atoms. The number of nitrogens with one attached hydrogen (secondary N) is 2. The van der Waals surface area contributed by atoms with Crippen LogP contribution in [0.15, 0.2) is 42.5 Å². The zero-order valence-electron chi connectivity index (χ0n) is 9.82. The number of hydrogen-bond donors (Lipinski definition) is 2. The lowest BCUT2D eigenvalue weighted by molar-refractivity contribution is 0.586. The van der Waals surface area contributed by atoms with E-state index in [9.17, 15) is 0 Å². The summed E-state index contributed by atoms with van der Waals surface area (Å²) in [5.41, 5.74) is 2.44. The van der Waals surface area contributed by atoms with E-state index in [1.807, 2.05) is 6.07 Å². The molecule has 1 saturated heterocycles. The van der Waals surface area contributed by atoms with Crippen LogP contribution in [0.2, 0.25) is 0 Å². The Balaban J connectivity index is 1.83. The summed E-state index contributed by atoms with van der Waals surface area (Å²) in [6.07, 6.45) is 0. The fraction of sp³-hybridized carbons (Fsp3) is 0.286. The SMILES string of the molecule is c1ccc(-c2ccc(N3CCNCC3)[nH]2)cc1. The van der Waals surface area contributed by atoms with Gasteiger partial charge in [0.05, 0.1) is 0 Å². The lowest BCUT2D eigenvalue weighted by Gasteiger charge is -2.28. The maximum absolute atomic E-state index is 3.50. The fourth-order valence-electron chi connectivity index (χ4n) is 2.26. The van der Waals surface area contributed by atoms with Crippen LogP contribution in [-0.4, -0.2) is 31.2 Å². The minimum Gasteiger partial charge on any atom is -0.356 e. The summed E-state index contributed by atoms with van der Waals surface area (Å²) >= 11 is 0. The Morgan fingerprint density at radius 3 is 2.41 bits per heavy atom. The molecule has 1 aromatic heterocycles. The van der Waals surface area contributed by atoms with Crippen LogP contribution in [-0.2, 0) is 0 Å². The van der Waals surface area contributed by atoms with Crippen molar-refractivity contribution in [1.29, 1.82) is 0 Å². The maximum atomic E-state index is 3.50. The number of piperazine rings is 1. The van der Waals surface area contributed by atoms with E-state index in [0.29, 0.717) is 0 Å². The third-order valence-electron chi connectivity index (χ3n) is 3.21. The standard InChI is InChI=1S/C14H17N3/c1-2-4-12(5-3-1)13-6-7-14(16-13)17-10-8-15-9-11-17/h1-7,15-16H,8-11H2. The van der Waals surface area contributed by atoms with Crippen LogP contribution in [0.3, 0.4) is 0 Å². The van der Waals surface area contributed by atoms with Crippen molar-refractivity contribution < 1.29 is 0 Å². The molecule has 2 aromatic rings. The van der Waals surface area contributed by atoms with E-state index < -0.39 is 0 Å². The molecular weight excluding hydrogens is 210 g/mol. The molecule has 17 heavy (non-hydrogen) atoms. The van der Waals surface area contributed by atoms with Crippen molar-refractivity contribution in [2.24, 2.45) is 0 Å². The van der Waals surface area contributed by atoms with Gasteiger partial charge >= 0.3 is 0 Å². The Morgan fingerprint density at radius 2 is 1.65 bits per heavy atom. The van der Waals surface area contributed by atoms with Gasteiger partial charge in [0, 0.05) is 31.9 Å². The third kappa shape index (κ3) is 2.19. The Kier molecular flexibility index (Phi) is 2.84. The highest BCUT2D eigenvalue weighted by Gasteiger charge is 2.12. The summed E-state index contributed by atoms with van der Waals surface area (Å²) in [5.74, 6) is 1.23. The first-order valence-electron chi connectivity index (χ1n) is 6.13. The summed E-state index contributed by atoms with van der Waals surface area (Å²) in [6, 6.07) is 14.8. The van der Waals surface area contributed by atoms with E-state index in [-0.39, 0.29) is 0 Å². The lowest BCUT2D eigenvalue weighted by atomic mass is 10.2. The minimum absolute atomic E-state index is 1.07. The number of H-pyrrole nitrogens is 1.